The third-order valence-electron chi connectivity index (χ3n) is 2.83. The van der Waals surface area contributed by atoms with E-state index >= 15 is 0 Å². The Morgan fingerprint density at radius 3 is 2.76 bits per heavy atom. The Morgan fingerprint density at radius 1 is 1.38 bits per heavy atom. The molecule has 2 aromatic rings. The van der Waals surface area contributed by atoms with Crippen LogP contribution in [0.2, 0.25) is 0 Å². The SMILES string of the molecule is Cc1nnc(SCC(=O)Nc2ccccc2F)n1C(C)C. The second-order valence-corrected chi connectivity index (χ2v) is 5.75. The maximum atomic E-state index is 13.4. The molecular formula is C14H17FN4OS. The first-order chi connectivity index (χ1) is 9.99. The predicted octanol–water partition coefficient (Wildman–Crippen LogP) is 3.04. The number of nitrogens with zero attached hydrogens (tertiary/aromatic N) is 3. The molecule has 0 aliphatic heterocycles. The molecule has 1 aromatic carbocycles. The lowest BCUT2D eigenvalue weighted by Crippen LogP contribution is -2.15. The van der Waals surface area contributed by atoms with Gasteiger partial charge < -0.3 is 9.88 Å². The molecule has 0 radical (unpaired) electrons. The van der Waals surface area contributed by atoms with E-state index in [0.717, 1.165) is 5.82 Å². The van der Waals surface area contributed by atoms with Crippen LogP contribution in [0.15, 0.2) is 29.4 Å². The van der Waals surface area contributed by atoms with Crippen LogP contribution in [0.1, 0.15) is 25.7 Å². The van der Waals surface area contributed by atoms with E-state index in [4.69, 9.17) is 0 Å². The van der Waals surface area contributed by atoms with Crippen molar-refractivity contribution in [1.82, 2.24) is 14.8 Å². The highest BCUT2D eigenvalue weighted by molar-refractivity contribution is 7.99. The normalized spacial score (nSPS) is 10.9. The molecule has 1 N–H and O–H groups in total. The largest absolute Gasteiger partial charge is 0.323 e. The van der Waals surface area contributed by atoms with Crippen molar-refractivity contribution in [1.29, 1.82) is 0 Å². The Labute approximate surface area is 127 Å². The molecule has 0 aliphatic rings. The van der Waals surface area contributed by atoms with E-state index in [1.54, 1.807) is 12.1 Å². The minimum atomic E-state index is -0.447. The van der Waals surface area contributed by atoms with Gasteiger partial charge in [-0.15, -0.1) is 10.2 Å². The summed E-state index contributed by atoms with van der Waals surface area (Å²) in [5.41, 5.74) is 0.185. The van der Waals surface area contributed by atoms with Crippen molar-refractivity contribution in [2.75, 3.05) is 11.1 Å². The first-order valence-electron chi connectivity index (χ1n) is 6.57. The summed E-state index contributed by atoms with van der Waals surface area (Å²) in [7, 11) is 0. The average molecular weight is 308 g/mol. The Hall–Kier alpha value is -1.89. The van der Waals surface area contributed by atoms with Crippen molar-refractivity contribution in [3.63, 3.8) is 0 Å². The lowest BCUT2D eigenvalue weighted by molar-refractivity contribution is -0.113. The molecule has 2 rings (SSSR count). The van der Waals surface area contributed by atoms with Gasteiger partial charge in [0.05, 0.1) is 11.4 Å². The maximum absolute atomic E-state index is 13.4. The van der Waals surface area contributed by atoms with Crippen LogP contribution in [-0.2, 0) is 4.79 Å². The number of para-hydroxylation sites is 1. The molecule has 0 fully saturated rings. The molecule has 7 heteroatoms. The van der Waals surface area contributed by atoms with E-state index in [0.29, 0.717) is 5.16 Å². The van der Waals surface area contributed by atoms with Gasteiger partial charge in [-0.3, -0.25) is 4.79 Å². The number of anilines is 1. The van der Waals surface area contributed by atoms with E-state index in [-0.39, 0.29) is 23.4 Å². The van der Waals surface area contributed by atoms with Crippen molar-refractivity contribution in [2.45, 2.75) is 32.0 Å². The van der Waals surface area contributed by atoms with Crippen LogP contribution in [0.3, 0.4) is 0 Å². The van der Waals surface area contributed by atoms with E-state index in [2.05, 4.69) is 15.5 Å². The minimum Gasteiger partial charge on any atom is -0.323 e. The Morgan fingerprint density at radius 2 is 2.10 bits per heavy atom. The van der Waals surface area contributed by atoms with Gasteiger partial charge in [0.2, 0.25) is 5.91 Å². The fraction of sp³-hybridized carbons (Fsp3) is 0.357. The molecule has 0 saturated heterocycles. The van der Waals surface area contributed by atoms with Gasteiger partial charge in [0.15, 0.2) is 5.16 Å². The van der Waals surface area contributed by atoms with Crippen LogP contribution in [-0.4, -0.2) is 26.4 Å². The fourth-order valence-corrected chi connectivity index (χ4v) is 2.83. The fourth-order valence-electron chi connectivity index (χ4n) is 1.92. The van der Waals surface area contributed by atoms with Crippen LogP contribution in [0.4, 0.5) is 10.1 Å². The number of nitrogens with one attached hydrogen (secondary N) is 1. The number of hydrogen-bond donors (Lipinski definition) is 1. The van der Waals surface area contributed by atoms with Crippen LogP contribution < -0.4 is 5.32 Å². The van der Waals surface area contributed by atoms with Crippen molar-refractivity contribution in [3.8, 4) is 0 Å². The number of thioether (sulfide) groups is 1. The van der Waals surface area contributed by atoms with Crippen molar-refractivity contribution >= 4 is 23.4 Å². The van der Waals surface area contributed by atoms with Gasteiger partial charge in [0.25, 0.3) is 0 Å². The van der Waals surface area contributed by atoms with Gasteiger partial charge in [-0.1, -0.05) is 23.9 Å². The topological polar surface area (TPSA) is 59.8 Å². The third kappa shape index (κ3) is 3.81. The number of rotatable bonds is 5. The van der Waals surface area contributed by atoms with Gasteiger partial charge >= 0.3 is 0 Å². The van der Waals surface area contributed by atoms with Crippen molar-refractivity contribution in [2.24, 2.45) is 0 Å². The number of aromatic nitrogens is 3. The zero-order valence-corrected chi connectivity index (χ0v) is 12.9. The van der Waals surface area contributed by atoms with E-state index in [9.17, 15) is 9.18 Å². The average Bonchev–Trinajstić information content (AvgIpc) is 2.80. The number of carbonyl (C=O) groups is 1. The van der Waals surface area contributed by atoms with Crippen LogP contribution >= 0.6 is 11.8 Å². The number of benzene rings is 1. The molecular weight excluding hydrogens is 291 g/mol. The monoisotopic (exact) mass is 308 g/mol. The Bertz CT molecular complexity index is 642. The summed E-state index contributed by atoms with van der Waals surface area (Å²) in [6.45, 7) is 5.93. The number of aryl methyl sites for hydroxylation is 1. The molecule has 1 heterocycles. The molecule has 1 aromatic heterocycles. The molecule has 0 saturated carbocycles. The summed E-state index contributed by atoms with van der Waals surface area (Å²) < 4.78 is 15.4. The molecule has 21 heavy (non-hydrogen) atoms. The minimum absolute atomic E-state index is 0.152. The number of amides is 1. The smallest absolute Gasteiger partial charge is 0.234 e. The third-order valence-corrected chi connectivity index (χ3v) is 3.77. The highest BCUT2D eigenvalue weighted by atomic mass is 32.2. The van der Waals surface area contributed by atoms with Gasteiger partial charge in [-0.25, -0.2) is 4.39 Å². The molecule has 0 bridgehead atoms. The van der Waals surface area contributed by atoms with E-state index in [1.165, 1.54) is 23.9 Å². The summed E-state index contributed by atoms with van der Waals surface area (Å²) in [5.74, 6) is 0.235. The molecule has 0 spiro atoms. The molecule has 0 aliphatic carbocycles. The Kier molecular flexibility index (Phi) is 4.95. The van der Waals surface area contributed by atoms with E-state index < -0.39 is 5.82 Å². The van der Waals surface area contributed by atoms with Crippen LogP contribution in [0, 0.1) is 12.7 Å². The zero-order valence-electron chi connectivity index (χ0n) is 12.1. The summed E-state index contributed by atoms with van der Waals surface area (Å²) in [6, 6.07) is 6.30. The summed E-state index contributed by atoms with van der Waals surface area (Å²) in [6.07, 6.45) is 0. The van der Waals surface area contributed by atoms with Crippen LogP contribution in [0.25, 0.3) is 0 Å². The van der Waals surface area contributed by atoms with Gasteiger partial charge in [-0.2, -0.15) is 0 Å². The lowest BCUT2D eigenvalue weighted by Gasteiger charge is -2.11. The molecule has 0 atom stereocenters. The zero-order chi connectivity index (χ0) is 15.4. The van der Waals surface area contributed by atoms with E-state index in [1.807, 2.05) is 25.3 Å². The number of halogens is 1. The quantitative estimate of drug-likeness (QED) is 0.863. The Balaban J connectivity index is 1.98. The lowest BCUT2D eigenvalue weighted by atomic mass is 10.3. The molecule has 1 amide bonds. The number of hydrogen-bond acceptors (Lipinski definition) is 4. The van der Waals surface area contributed by atoms with Gasteiger partial charge in [0, 0.05) is 6.04 Å². The highest BCUT2D eigenvalue weighted by Crippen LogP contribution is 2.21. The summed E-state index contributed by atoms with van der Waals surface area (Å²) >= 11 is 1.28. The molecule has 0 unspecified atom stereocenters. The highest BCUT2D eigenvalue weighted by Gasteiger charge is 2.14. The second-order valence-electron chi connectivity index (χ2n) is 4.81. The predicted molar refractivity (Wildman–Crippen MR) is 80.9 cm³/mol. The van der Waals surface area contributed by atoms with Gasteiger partial charge in [-0.05, 0) is 32.9 Å². The van der Waals surface area contributed by atoms with Crippen LogP contribution in [0.5, 0.6) is 0 Å². The van der Waals surface area contributed by atoms with Crippen molar-refractivity contribution < 1.29 is 9.18 Å². The second kappa shape index (κ2) is 6.71. The summed E-state index contributed by atoms with van der Waals surface area (Å²) in [4.78, 5) is 11.9. The maximum Gasteiger partial charge on any atom is 0.234 e. The molecule has 112 valence electrons. The van der Waals surface area contributed by atoms with Crippen molar-refractivity contribution in [3.05, 3.63) is 35.9 Å². The first-order valence-corrected chi connectivity index (χ1v) is 7.56. The first kappa shape index (κ1) is 15.5. The standard InChI is InChI=1S/C14H17FN4OS/c1-9(2)19-10(3)17-18-14(19)21-8-13(20)16-12-7-5-4-6-11(12)15/h4-7,9H,8H2,1-3H3,(H,16,20). The summed E-state index contributed by atoms with van der Waals surface area (Å²) in [5, 5.41) is 11.3. The molecule has 5 nitrogen and oxygen atoms in total. The number of carbonyl (C=O) groups excluding carboxylic acids is 1. The van der Waals surface area contributed by atoms with Gasteiger partial charge in [0.1, 0.15) is 11.6 Å².